The molecule has 8 heteroatoms. The molecular formula is C9H15F6NO. The molecule has 0 aromatic carbocycles. The van der Waals surface area contributed by atoms with Crippen LogP contribution in [0.4, 0.5) is 26.3 Å². The topological polar surface area (TPSA) is 21.3 Å². The number of alkyl halides is 6. The van der Waals surface area contributed by atoms with Gasteiger partial charge in [-0.3, -0.25) is 0 Å². The smallest absolute Gasteiger partial charge is 0.356 e. The van der Waals surface area contributed by atoms with Crippen molar-refractivity contribution >= 4 is 0 Å². The van der Waals surface area contributed by atoms with Gasteiger partial charge >= 0.3 is 12.4 Å². The Bertz CT molecular complexity index is 209. The van der Waals surface area contributed by atoms with Crippen LogP contribution < -0.4 is 5.32 Å². The summed E-state index contributed by atoms with van der Waals surface area (Å²) < 4.78 is 77.2. The van der Waals surface area contributed by atoms with Crippen molar-refractivity contribution in [3.63, 3.8) is 0 Å². The van der Waals surface area contributed by atoms with Crippen molar-refractivity contribution in [2.45, 2.75) is 50.9 Å². The summed E-state index contributed by atoms with van der Waals surface area (Å²) in [6, 6.07) is -0.567. The SMILES string of the molecule is CCC(NC)C(C)OC(C(F)(F)F)C(F)(F)F. The van der Waals surface area contributed by atoms with E-state index >= 15 is 0 Å². The van der Waals surface area contributed by atoms with Gasteiger partial charge in [-0.1, -0.05) is 6.92 Å². The van der Waals surface area contributed by atoms with Gasteiger partial charge in [-0.25, -0.2) is 0 Å². The van der Waals surface area contributed by atoms with E-state index in [1.165, 1.54) is 14.0 Å². The minimum Gasteiger partial charge on any atom is -0.356 e. The minimum absolute atomic E-state index is 0.361. The van der Waals surface area contributed by atoms with Crippen LogP contribution in [0.5, 0.6) is 0 Å². The van der Waals surface area contributed by atoms with Gasteiger partial charge in [0, 0.05) is 6.04 Å². The summed E-state index contributed by atoms with van der Waals surface area (Å²) in [7, 11) is 1.45. The highest BCUT2D eigenvalue weighted by atomic mass is 19.4. The van der Waals surface area contributed by atoms with Crippen LogP contribution in [0.15, 0.2) is 0 Å². The zero-order valence-electron chi connectivity index (χ0n) is 9.62. The predicted octanol–water partition coefficient (Wildman–Crippen LogP) is 2.88. The standard InChI is InChI=1S/C9H15F6NO/c1-4-6(16-3)5(2)17-7(8(10,11)12)9(13,14)15/h5-7,16H,4H2,1-3H3. The van der Waals surface area contributed by atoms with Crippen molar-refractivity contribution in [1.82, 2.24) is 5.32 Å². The molecule has 2 nitrogen and oxygen atoms in total. The fraction of sp³-hybridized carbons (Fsp3) is 1.00. The molecule has 104 valence electrons. The van der Waals surface area contributed by atoms with E-state index in [4.69, 9.17) is 0 Å². The van der Waals surface area contributed by atoms with E-state index in [1.54, 1.807) is 6.92 Å². The van der Waals surface area contributed by atoms with E-state index < -0.39 is 30.6 Å². The number of likely N-dealkylation sites (N-methyl/N-ethyl adjacent to an activating group) is 1. The summed E-state index contributed by atoms with van der Waals surface area (Å²) in [5, 5.41) is 2.60. The van der Waals surface area contributed by atoms with Crippen LogP contribution in [0.25, 0.3) is 0 Å². The first-order valence-corrected chi connectivity index (χ1v) is 5.00. The maximum Gasteiger partial charge on any atom is 0.423 e. The van der Waals surface area contributed by atoms with Crippen LogP contribution in [0.2, 0.25) is 0 Å². The van der Waals surface area contributed by atoms with Crippen LogP contribution in [0, 0.1) is 0 Å². The molecule has 0 rings (SSSR count). The number of hydrogen-bond acceptors (Lipinski definition) is 2. The first-order valence-electron chi connectivity index (χ1n) is 5.00. The third-order valence-electron chi connectivity index (χ3n) is 2.32. The summed E-state index contributed by atoms with van der Waals surface area (Å²) in [4.78, 5) is 0. The lowest BCUT2D eigenvalue weighted by Gasteiger charge is -2.30. The highest BCUT2D eigenvalue weighted by molar-refractivity contribution is 4.80. The van der Waals surface area contributed by atoms with Crippen molar-refractivity contribution in [3.05, 3.63) is 0 Å². The number of ether oxygens (including phenoxy) is 1. The third-order valence-corrected chi connectivity index (χ3v) is 2.32. The van der Waals surface area contributed by atoms with Crippen LogP contribution in [0.3, 0.4) is 0 Å². The summed E-state index contributed by atoms with van der Waals surface area (Å²) >= 11 is 0. The van der Waals surface area contributed by atoms with Crippen molar-refractivity contribution in [2.75, 3.05) is 7.05 Å². The molecule has 0 bridgehead atoms. The number of halogens is 6. The molecule has 17 heavy (non-hydrogen) atoms. The van der Waals surface area contributed by atoms with Gasteiger partial charge in [0.25, 0.3) is 0 Å². The van der Waals surface area contributed by atoms with E-state index in [2.05, 4.69) is 10.1 Å². The van der Waals surface area contributed by atoms with Gasteiger partial charge in [-0.15, -0.1) is 0 Å². The molecule has 2 unspecified atom stereocenters. The lowest BCUT2D eigenvalue weighted by molar-refractivity contribution is -0.331. The van der Waals surface area contributed by atoms with Gasteiger partial charge in [0.1, 0.15) is 0 Å². The van der Waals surface area contributed by atoms with Crippen molar-refractivity contribution in [3.8, 4) is 0 Å². The molecule has 0 saturated carbocycles. The Labute approximate surface area is 95.3 Å². The second kappa shape index (κ2) is 5.90. The molecule has 0 fully saturated rings. The van der Waals surface area contributed by atoms with Gasteiger partial charge in [-0.2, -0.15) is 26.3 Å². The van der Waals surface area contributed by atoms with Gasteiger partial charge in [-0.05, 0) is 20.4 Å². The summed E-state index contributed by atoms with van der Waals surface area (Å²) in [6.07, 6.45) is -15.5. The molecule has 0 aliphatic carbocycles. The first-order chi connectivity index (χ1) is 7.54. The number of rotatable bonds is 5. The summed E-state index contributed by atoms with van der Waals surface area (Å²) in [5.41, 5.74) is 0. The molecule has 0 saturated heterocycles. The highest BCUT2D eigenvalue weighted by Crippen LogP contribution is 2.36. The van der Waals surface area contributed by atoms with Gasteiger partial charge in [0.2, 0.25) is 6.10 Å². The van der Waals surface area contributed by atoms with Crippen LogP contribution in [0.1, 0.15) is 20.3 Å². The van der Waals surface area contributed by atoms with Gasteiger partial charge in [0.15, 0.2) is 0 Å². The quantitative estimate of drug-likeness (QED) is 0.773. The van der Waals surface area contributed by atoms with E-state index in [1.807, 2.05) is 0 Å². The van der Waals surface area contributed by atoms with E-state index in [0.717, 1.165) is 0 Å². The van der Waals surface area contributed by atoms with Crippen molar-refractivity contribution in [1.29, 1.82) is 0 Å². The van der Waals surface area contributed by atoms with Gasteiger partial charge in [0.05, 0.1) is 6.10 Å². The lowest BCUT2D eigenvalue weighted by Crippen LogP contribution is -2.49. The maximum atomic E-state index is 12.2. The van der Waals surface area contributed by atoms with Crippen LogP contribution in [-0.2, 0) is 4.74 Å². The summed E-state index contributed by atoms with van der Waals surface area (Å²) in [6.45, 7) is 2.81. The number of hydrogen-bond donors (Lipinski definition) is 1. The third kappa shape index (κ3) is 5.12. The second-order valence-electron chi connectivity index (χ2n) is 3.61. The van der Waals surface area contributed by atoms with Crippen LogP contribution >= 0.6 is 0 Å². The number of nitrogens with one attached hydrogen (secondary N) is 1. The largest absolute Gasteiger partial charge is 0.423 e. The molecule has 0 radical (unpaired) electrons. The Kier molecular flexibility index (Phi) is 5.73. The minimum atomic E-state index is -5.46. The molecule has 2 atom stereocenters. The Morgan fingerprint density at radius 3 is 1.71 bits per heavy atom. The monoisotopic (exact) mass is 267 g/mol. The average molecular weight is 267 g/mol. The lowest BCUT2D eigenvalue weighted by atomic mass is 10.1. The predicted molar refractivity (Wildman–Crippen MR) is 49.6 cm³/mol. The van der Waals surface area contributed by atoms with E-state index in [9.17, 15) is 26.3 Å². The molecule has 0 amide bonds. The Morgan fingerprint density at radius 2 is 1.47 bits per heavy atom. The Balaban J connectivity index is 4.78. The Hall–Kier alpha value is -0.500. The second-order valence-corrected chi connectivity index (χ2v) is 3.61. The van der Waals surface area contributed by atoms with E-state index in [-0.39, 0.29) is 0 Å². The molecule has 0 aromatic rings. The molecule has 0 aliphatic heterocycles. The zero-order chi connectivity index (χ0) is 13.9. The molecule has 0 aromatic heterocycles. The molecular weight excluding hydrogens is 252 g/mol. The van der Waals surface area contributed by atoms with E-state index in [0.29, 0.717) is 6.42 Å². The van der Waals surface area contributed by atoms with Crippen molar-refractivity contribution < 1.29 is 31.1 Å². The zero-order valence-corrected chi connectivity index (χ0v) is 9.62. The molecule has 0 aliphatic rings. The maximum absolute atomic E-state index is 12.2. The first kappa shape index (κ1) is 16.5. The van der Waals surface area contributed by atoms with Crippen LogP contribution in [-0.4, -0.2) is 37.7 Å². The van der Waals surface area contributed by atoms with Gasteiger partial charge < -0.3 is 10.1 Å². The fourth-order valence-electron chi connectivity index (χ4n) is 1.42. The normalized spacial score (nSPS) is 17.3. The van der Waals surface area contributed by atoms with Crippen molar-refractivity contribution in [2.24, 2.45) is 0 Å². The highest BCUT2D eigenvalue weighted by Gasteiger charge is 2.58. The molecule has 0 heterocycles. The Morgan fingerprint density at radius 1 is 1.06 bits per heavy atom. The molecule has 0 spiro atoms. The summed E-state index contributed by atoms with van der Waals surface area (Å²) in [5.74, 6) is 0. The average Bonchev–Trinajstić information content (AvgIpc) is 2.12. The molecule has 1 N–H and O–H groups in total. The fourth-order valence-corrected chi connectivity index (χ4v) is 1.42.